The third-order valence-corrected chi connectivity index (χ3v) is 7.04. The second-order valence-electron chi connectivity index (χ2n) is 9.59. The number of carbonyl (C=O) groups is 2. The van der Waals surface area contributed by atoms with Crippen LogP contribution in [0.15, 0.2) is 24.3 Å². The number of fused-ring (bicyclic) bond motifs is 1. The molecule has 3 fully saturated rings. The molecule has 11 heteroatoms. The Morgan fingerprint density at radius 1 is 1.14 bits per heavy atom. The molecule has 4 rings (SSSR count). The van der Waals surface area contributed by atoms with E-state index in [1.54, 1.807) is 29.2 Å². The largest absolute Gasteiger partial charge is 0.389 e. The first-order valence-corrected chi connectivity index (χ1v) is 13.2. The van der Waals surface area contributed by atoms with E-state index in [4.69, 9.17) is 25.8 Å². The summed E-state index contributed by atoms with van der Waals surface area (Å²) in [4.78, 5) is 29.6. The average Bonchev–Trinajstić information content (AvgIpc) is 2.85. The molecule has 3 saturated heterocycles. The molecule has 1 aromatic rings. The van der Waals surface area contributed by atoms with E-state index in [0.29, 0.717) is 30.1 Å². The van der Waals surface area contributed by atoms with Crippen LogP contribution in [0.25, 0.3) is 0 Å². The Labute approximate surface area is 217 Å². The maximum atomic E-state index is 13.2. The van der Waals surface area contributed by atoms with Gasteiger partial charge in [0.15, 0.2) is 0 Å². The number of amides is 3. The van der Waals surface area contributed by atoms with E-state index < -0.39 is 6.10 Å². The van der Waals surface area contributed by atoms with Gasteiger partial charge < -0.3 is 34.9 Å². The number of β-amino-alcohol motifs (C(OH)–C–C–N with tert-alkyl or cyclic N) is 1. The van der Waals surface area contributed by atoms with Crippen molar-refractivity contribution in [3.05, 3.63) is 29.3 Å². The first-order chi connectivity index (χ1) is 17.5. The zero-order chi connectivity index (χ0) is 25.3. The van der Waals surface area contributed by atoms with Crippen molar-refractivity contribution >= 4 is 29.2 Å². The number of nitrogens with zero attached hydrogens (tertiary/aromatic N) is 2. The van der Waals surface area contributed by atoms with E-state index in [-0.39, 0.29) is 56.4 Å². The fourth-order valence-corrected chi connectivity index (χ4v) is 5.16. The normalized spacial score (nSPS) is 27.4. The Morgan fingerprint density at radius 3 is 2.78 bits per heavy atom. The molecule has 36 heavy (non-hydrogen) atoms. The highest BCUT2D eigenvalue weighted by Crippen LogP contribution is 2.28. The van der Waals surface area contributed by atoms with Gasteiger partial charge in [-0.1, -0.05) is 17.7 Å². The van der Waals surface area contributed by atoms with Crippen LogP contribution in [0.1, 0.15) is 25.7 Å². The molecule has 0 unspecified atom stereocenters. The van der Waals surface area contributed by atoms with Crippen molar-refractivity contribution in [3.63, 3.8) is 0 Å². The van der Waals surface area contributed by atoms with Crippen LogP contribution in [-0.4, -0.2) is 110 Å². The van der Waals surface area contributed by atoms with Crippen LogP contribution in [0.4, 0.5) is 10.5 Å². The summed E-state index contributed by atoms with van der Waals surface area (Å²) in [5.41, 5.74) is 0.580. The van der Waals surface area contributed by atoms with E-state index in [9.17, 15) is 14.7 Å². The first-order valence-electron chi connectivity index (χ1n) is 12.8. The lowest BCUT2D eigenvalue weighted by Gasteiger charge is -2.44. The molecule has 3 amide bonds. The molecule has 0 aromatic heterocycles. The van der Waals surface area contributed by atoms with Crippen molar-refractivity contribution in [1.82, 2.24) is 15.1 Å². The van der Waals surface area contributed by atoms with E-state index in [1.807, 2.05) is 0 Å². The summed E-state index contributed by atoms with van der Waals surface area (Å²) >= 11 is 6.05. The molecule has 200 valence electrons. The molecule has 1 aromatic carbocycles. The van der Waals surface area contributed by atoms with Crippen molar-refractivity contribution < 1.29 is 28.9 Å². The second kappa shape index (κ2) is 13.6. The van der Waals surface area contributed by atoms with Gasteiger partial charge in [-0.25, -0.2) is 4.79 Å². The highest BCUT2D eigenvalue weighted by molar-refractivity contribution is 6.30. The van der Waals surface area contributed by atoms with Gasteiger partial charge in [0.25, 0.3) is 0 Å². The standard InChI is InChI=1S/C25H37ClN4O6/c26-18-3-1-4-19(13-18)28-25(33)30-15-20(31)16-35-17-23-22(30)6-5-21(36-23)14-24(32)27-7-2-8-29-9-11-34-12-10-29/h1,3-4,13,20-23,31H,2,5-12,14-17H2,(H,27,32)(H,28,33)/t20-,21+,22-,23+/m0/s1. The van der Waals surface area contributed by atoms with Gasteiger partial charge in [-0.2, -0.15) is 0 Å². The van der Waals surface area contributed by atoms with E-state index in [1.165, 1.54) is 0 Å². The third kappa shape index (κ3) is 8.03. The van der Waals surface area contributed by atoms with Crippen LogP contribution in [0.5, 0.6) is 0 Å². The van der Waals surface area contributed by atoms with Gasteiger partial charge in [-0.05, 0) is 44.0 Å². The number of anilines is 1. The number of hydrogen-bond donors (Lipinski definition) is 3. The number of aliphatic hydroxyl groups is 1. The van der Waals surface area contributed by atoms with Gasteiger partial charge >= 0.3 is 6.03 Å². The van der Waals surface area contributed by atoms with E-state index in [2.05, 4.69) is 15.5 Å². The van der Waals surface area contributed by atoms with Gasteiger partial charge in [0.05, 0.1) is 57.6 Å². The molecule has 0 spiro atoms. The minimum Gasteiger partial charge on any atom is -0.389 e. The number of aliphatic hydroxyl groups excluding tert-OH is 1. The first kappa shape index (κ1) is 27.1. The highest BCUT2D eigenvalue weighted by atomic mass is 35.5. The summed E-state index contributed by atoms with van der Waals surface area (Å²) in [6.45, 7) is 5.51. The summed E-state index contributed by atoms with van der Waals surface area (Å²) in [5, 5.41) is 16.7. The lowest BCUT2D eigenvalue weighted by atomic mass is 9.95. The van der Waals surface area contributed by atoms with Crippen molar-refractivity contribution in [1.29, 1.82) is 0 Å². The number of rotatable bonds is 7. The Morgan fingerprint density at radius 2 is 1.97 bits per heavy atom. The fraction of sp³-hybridized carbons (Fsp3) is 0.680. The average molecular weight is 525 g/mol. The van der Waals surface area contributed by atoms with Crippen molar-refractivity contribution in [2.24, 2.45) is 0 Å². The van der Waals surface area contributed by atoms with E-state index >= 15 is 0 Å². The monoisotopic (exact) mass is 524 g/mol. The maximum Gasteiger partial charge on any atom is 0.322 e. The minimum absolute atomic E-state index is 0.0295. The van der Waals surface area contributed by atoms with Gasteiger partial charge in [-0.15, -0.1) is 0 Å². The van der Waals surface area contributed by atoms with Crippen LogP contribution in [0.3, 0.4) is 0 Å². The second-order valence-corrected chi connectivity index (χ2v) is 10.0. The Balaban J connectivity index is 1.27. The minimum atomic E-state index is -0.794. The number of nitrogens with one attached hydrogen (secondary N) is 2. The van der Waals surface area contributed by atoms with Crippen LogP contribution in [0.2, 0.25) is 5.02 Å². The lowest BCUT2D eigenvalue weighted by molar-refractivity contribution is -0.149. The molecule has 3 heterocycles. The molecule has 3 N–H and O–H groups in total. The van der Waals surface area contributed by atoms with E-state index in [0.717, 1.165) is 39.3 Å². The zero-order valence-electron chi connectivity index (χ0n) is 20.6. The molecule has 0 aliphatic carbocycles. The highest BCUT2D eigenvalue weighted by Gasteiger charge is 2.40. The number of benzene rings is 1. The summed E-state index contributed by atoms with van der Waals surface area (Å²) < 4.78 is 17.3. The summed E-state index contributed by atoms with van der Waals surface area (Å²) in [6.07, 6.45) is 1.05. The van der Waals surface area contributed by atoms with Gasteiger partial charge in [0.1, 0.15) is 6.10 Å². The van der Waals surface area contributed by atoms with Crippen LogP contribution < -0.4 is 10.6 Å². The molecule has 0 bridgehead atoms. The molecule has 10 nitrogen and oxygen atoms in total. The van der Waals surface area contributed by atoms with Crippen LogP contribution in [-0.2, 0) is 19.0 Å². The van der Waals surface area contributed by atoms with Crippen LogP contribution >= 0.6 is 11.6 Å². The topological polar surface area (TPSA) is 113 Å². The van der Waals surface area contributed by atoms with Crippen molar-refractivity contribution in [2.45, 2.75) is 50.0 Å². The molecular formula is C25H37ClN4O6. The van der Waals surface area contributed by atoms with Crippen molar-refractivity contribution in [2.75, 3.05) is 64.5 Å². The Hall–Kier alpha value is -1.95. The summed E-state index contributed by atoms with van der Waals surface area (Å²) in [6, 6.07) is 6.34. The molecular weight excluding hydrogens is 488 g/mol. The lowest BCUT2D eigenvalue weighted by Crippen LogP contribution is -2.58. The number of ether oxygens (including phenoxy) is 3. The number of urea groups is 1. The van der Waals surface area contributed by atoms with Gasteiger partial charge in [0.2, 0.25) is 5.91 Å². The maximum absolute atomic E-state index is 13.2. The number of carbonyl (C=O) groups excluding carboxylic acids is 2. The molecule has 3 aliphatic heterocycles. The molecule has 4 atom stereocenters. The summed E-state index contributed by atoms with van der Waals surface area (Å²) in [7, 11) is 0. The third-order valence-electron chi connectivity index (χ3n) is 6.81. The molecule has 3 aliphatic rings. The SMILES string of the molecule is O=C(C[C@H]1CC[C@H]2[C@@H](COC[C@@H](O)CN2C(=O)Nc2cccc(Cl)c2)O1)NCCCN1CCOCC1. The van der Waals surface area contributed by atoms with Crippen LogP contribution in [0, 0.1) is 0 Å². The number of hydrogen-bond acceptors (Lipinski definition) is 7. The molecule has 0 radical (unpaired) electrons. The predicted molar refractivity (Wildman–Crippen MR) is 135 cm³/mol. The Kier molecular flexibility index (Phi) is 10.2. The van der Waals surface area contributed by atoms with Crippen molar-refractivity contribution in [3.8, 4) is 0 Å². The zero-order valence-corrected chi connectivity index (χ0v) is 21.3. The summed E-state index contributed by atoms with van der Waals surface area (Å²) in [5.74, 6) is -0.0295. The van der Waals surface area contributed by atoms with Gasteiger partial charge in [0, 0.05) is 30.3 Å². The van der Waals surface area contributed by atoms with Gasteiger partial charge in [-0.3, -0.25) is 9.69 Å². The fourth-order valence-electron chi connectivity index (χ4n) is 4.97. The quantitative estimate of drug-likeness (QED) is 0.465. The predicted octanol–water partition coefficient (Wildman–Crippen LogP) is 1.71. The smallest absolute Gasteiger partial charge is 0.322 e. The number of morpholine rings is 1. The number of halogens is 1. The Bertz CT molecular complexity index is 871. The molecule has 0 saturated carbocycles.